The Kier molecular flexibility index (Phi) is 5.96. The van der Waals surface area contributed by atoms with E-state index in [0.29, 0.717) is 29.0 Å². The van der Waals surface area contributed by atoms with Gasteiger partial charge in [-0.25, -0.2) is 4.39 Å². The van der Waals surface area contributed by atoms with Gasteiger partial charge < -0.3 is 20.9 Å². The Morgan fingerprint density at radius 3 is 2.63 bits per heavy atom. The Bertz CT molecular complexity index is 1040. The number of anilines is 4. The van der Waals surface area contributed by atoms with Gasteiger partial charge in [0.1, 0.15) is 12.4 Å². The van der Waals surface area contributed by atoms with Crippen LogP contribution in [0.3, 0.4) is 0 Å². The Hall–Kier alpha value is -2.97. The third-order valence-electron chi connectivity index (χ3n) is 5.20. The Balaban J connectivity index is 1.40. The van der Waals surface area contributed by atoms with Crippen LogP contribution in [0, 0.1) is 12.7 Å². The summed E-state index contributed by atoms with van der Waals surface area (Å²) in [4.78, 5) is 16.4. The minimum atomic E-state index is -0.182. The third kappa shape index (κ3) is 4.77. The molecule has 1 aliphatic heterocycles. The first-order valence-electron chi connectivity index (χ1n) is 9.84. The molecule has 0 amide bonds. The van der Waals surface area contributed by atoms with Gasteiger partial charge in [0.25, 0.3) is 0 Å². The molecule has 3 aromatic rings. The number of nitrogens with one attached hydrogen (secondary N) is 2. The molecule has 0 unspecified atom stereocenters. The fourth-order valence-corrected chi connectivity index (χ4v) is 3.73. The van der Waals surface area contributed by atoms with E-state index in [9.17, 15) is 4.39 Å². The zero-order chi connectivity index (χ0) is 21.1. The Morgan fingerprint density at radius 2 is 1.90 bits per heavy atom. The van der Waals surface area contributed by atoms with E-state index in [-0.39, 0.29) is 11.8 Å². The van der Waals surface area contributed by atoms with Crippen molar-refractivity contribution in [3.8, 4) is 0 Å². The highest BCUT2D eigenvalue weighted by Crippen LogP contribution is 2.22. The smallest absolute Gasteiger partial charge is 0.232 e. The van der Waals surface area contributed by atoms with Gasteiger partial charge in [-0.2, -0.15) is 15.0 Å². The van der Waals surface area contributed by atoms with E-state index in [1.54, 1.807) is 6.07 Å². The average Bonchev–Trinajstić information content (AvgIpc) is 2.71. The van der Waals surface area contributed by atoms with Gasteiger partial charge in [0.15, 0.2) is 5.82 Å². The molecule has 4 rings (SSSR count). The van der Waals surface area contributed by atoms with E-state index in [2.05, 4.69) is 25.2 Å². The van der Waals surface area contributed by atoms with Crippen molar-refractivity contribution in [2.24, 2.45) is 0 Å². The van der Waals surface area contributed by atoms with Crippen LogP contribution >= 0.6 is 11.6 Å². The van der Waals surface area contributed by atoms with Crippen LogP contribution < -0.4 is 20.9 Å². The third-order valence-corrected chi connectivity index (χ3v) is 5.61. The summed E-state index contributed by atoms with van der Waals surface area (Å²) in [6.45, 7) is 5.82. The van der Waals surface area contributed by atoms with Crippen molar-refractivity contribution in [3.63, 3.8) is 0 Å². The summed E-state index contributed by atoms with van der Waals surface area (Å²) in [5.74, 6) is 1.00. The fourth-order valence-electron chi connectivity index (χ4n) is 3.55. The summed E-state index contributed by atoms with van der Waals surface area (Å²) in [7, 11) is 0. The lowest BCUT2D eigenvalue weighted by molar-refractivity contribution is -0.915. The molecule has 0 bridgehead atoms. The molecule has 0 spiro atoms. The number of piperazine rings is 1. The molecule has 4 N–H and O–H groups in total. The van der Waals surface area contributed by atoms with Crippen LogP contribution in [0.15, 0.2) is 42.5 Å². The second-order valence-corrected chi connectivity index (χ2v) is 7.79. The van der Waals surface area contributed by atoms with Crippen LogP contribution in [0.4, 0.5) is 27.7 Å². The van der Waals surface area contributed by atoms with E-state index >= 15 is 0 Å². The Labute approximate surface area is 179 Å². The van der Waals surface area contributed by atoms with Crippen molar-refractivity contribution in [2.45, 2.75) is 13.5 Å². The number of aryl methyl sites for hydroxylation is 1. The molecule has 0 atom stereocenters. The Morgan fingerprint density at radius 1 is 1.13 bits per heavy atom. The van der Waals surface area contributed by atoms with Gasteiger partial charge in [-0.3, -0.25) is 0 Å². The van der Waals surface area contributed by atoms with Crippen LogP contribution in [0.1, 0.15) is 11.4 Å². The highest BCUT2D eigenvalue weighted by Gasteiger charge is 2.23. The summed E-state index contributed by atoms with van der Waals surface area (Å²) in [6, 6.07) is 12.6. The maximum atomic E-state index is 14.0. The summed E-state index contributed by atoms with van der Waals surface area (Å²) < 4.78 is 14.0. The van der Waals surface area contributed by atoms with Gasteiger partial charge >= 0.3 is 0 Å². The summed E-state index contributed by atoms with van der Waals surface area (Å²) in [5.41, 5.74) is 8.34. The van der Waals surface area contributed by atoms with Gasteiger partial charge in [-0.05, 0) is 36.8 Å². The standard InChI is InChI=1S/C21H23ClFN7/c1-14-6-7-15(12-16(14)22)25-21-27-19(26-20(24)28-21)13-29-8-10-30(11-9-29)18-5-3-2-4-17(18)23/h2-7,12H,8-11,13H2,1H3,(H3,24,25,26,27,28)/p+1. The molecule has 0 saturated carbocycles. The highest BCUT2D eigenvalue weighted by molar-refractivity contribution is 6.31. The molecular formula is C21H24ClFN7+. The van der Waals surface area contributed by atoms with E-state index < -0.39 is 0 Å². The van der Waals surface area contributed by atoms with E-state index in [4.69, 9.17) is 17.3 Å². The molecule has 1 saturated heterocycles. The van der Waals surface area contributed by atoms with Crippen molar-refractivity contribution in [3.05, 3.63) is 64.7 Å². The predicted molar refractivity (Wildman–Crippen MR) is 117 cm³/mol. The summed E-state index contributed by atoms with van der Waals surface area (Å²) >= 11 is 6.19. The van der Waals surface area contributed by atoms with Crippen LogP contribution in [-0.4, -0.2) is 41.1 Å². The molecule has 2 heterocycles. The number of aromatic nitrogens is 3. The first-order valence-corrected chi connectivity index (χ1v) is 10.2. The lowest BCUT2D eigenvalue weighted by atomic mass is 10.2. The monoisotopic (exact) mass is 428 g/mol. The van der Waals surface area contributed by atoms with E-state index in [1.807, 2.05) is 37.3 Å². The summed E-state index contributed by atoms with van der Waals surface area (Å²) in [6.07, 6.45) is 0. The van der Waals surface area contributed by atoms with Crippen molar-refractivity contribution in [2.75, 3.05) is 42.1 Å². The molecule has 1 aromatic heterocycles. The topological polar surface area (TPSA) is 84.4 Å². The normalized spacial score (nSPS) is 14.7. The van der Waals surface area contributed by atoms with Crippen LogP contribution in [0.2, 0.25) is 5.02 Å². The number of halogens is 2. The zero-order valence-electron chi connectivity index (χ0n) is 16.7. The number of nitrogen functional groups attached to an aromatic ring is 1. The minimum Gasteiger partial charge on any atom is -0.368 e. The van der Waals surface area contributed by atoms with Gasteiger partial charge in [-0.15, -0.1) is 0 Å². The predicted octanol–water partition coefficient (Wildman–Crippen LogP) is 2.20. The quantitative estimate of drug-likeness (QED) is 0.577. The number of hydrogen-bond donors (Lipinski definition) is 3. The lowest BCUT2D eigenvalue weighted by Crippen LogP contribution is -3.13. The molecule has 156 valence electrons. The van der Waals surface area contributed by atoms with Gasteiger partial charge in [0.2, 0.25) is 11.9 Å². The van der Waals surface area contributed by atoms with Gasteiger partial charge in [0.05, 0.1) is 31.9 Å². The first kappa shape index (κ1) is 20.3. The number of rotatable bonds is 5. The molecule has 0 aliphatic carbocycles. The molecule has 30 heavy (non-hydrogen) atoms. The largest absolute Gasteiger partial charge is 0.368 e. The van der Waals surface area contributed by atoms with Crippen molar-refractivity contribution in [1.82, 2.24) is 15.0 Å². The molecule has 1 aliphatic rings. The molecule has 7 nitrogen and oxygen atoms in total. The SMILES string of the molecule is Cc1ccc(Nc2nc(N)nc(C[NH+]3CCN(c4ccccc4F)CC3)n2)cc1Cl. The number of quaternary nitrogens is 1. The summed E-state index contributed by atoms with van der Waals surface area (Å²) in [5, 5.41) is 3.81. The number of benzene rings is 2. The molecular weight excluding hydrogens is 405 g/mol. The van der Waals surface area contributed by atoms with Crippen molar-refractivity contribution in [1.29, 1.82) is 0 Å². The van der Waals surface area contributed by atoms with Crippen LogP contribution in [-0.2, 0) is 6.54 Å². The highest BCUT2D eigenvalue weighted by atomic mass is 35.5. The van der Waals surface area contributed by atoms with Crippen LogP contribution in [0.25, 0.3) is 0 Å². The number of nitrogens with two attached hydrogens (primary N) is 1. The van der Waals surface area contributed by atoms with Crippen molar-refractivity contribution >= 4 is 34.9 Å². The number of nitrogens with zero attached hydrogens (tertiary/aromatic N) is 4. The van der Waals surface area contributed by atoms with Crippen LogP contribution in [0.5, 0.6) is 0 Å². The average molecular weight is 429 g/mol. The van der Waals surface area contributed by atoms with E-state index in [0.717, 1.165) is 37.4 Å². The molecule has 0 radical (unpaired) electrons. The number of hydrogen-bond acceptors (Lipinski definition) is 6. The van der Waals surface area contributed by atoms with Gasteiger partial charge in [0, 0.05) is 10.7 Å². The maximum Gasteiger partial charge on any atom is 0.232 e. The first-order chi connectivity index (χ1) is 14.5. The minimum absolute atomic E-state index is 0.171. The molecule has 9 heteroatoms. The van der Waals surface area contributed by atoms with Gasteiger partial charge in [-0.1, -0.05) is 29.8 Å². The number of para-hydroxylation sites is 1. The second-order valence-electron chi connectivity index (χ2n) is 7.39. The second kappa shape index (κ2) is 8.81. The fraction of sp³-hybridized carbons (Fsp3) is 0.286. The maximum absolute atomic E-state index is 14.0. The van der Waals surface area contributed by atoms with Crippen molar-refractivity contribution < 1.29 is 9.29 Å². The zero-order valence-corrected chi connectivity index (χ0v) is 17.5. The molecule has 2 aromatic carbocycles. The van der Waals surface area contributed by atoms with E-state index in [1.165, 1.54) is 11.0 Å². The lowest BCUT2D eigenvalue weighted by Gasteiger charge is -2.33. The molecule has 1 fully saturated rings.